The summed E-state index contributed by atoms with van der Waals surface area (Å²) in [4.78, 5) is 2.36. The van der Waals surface area contributed by atoms with Crippen LogP contribution in [-0.2, 0) is 0 Å². The highest BCUT2D eigenvalue weighted by Crippen LogP contribution is 2.44. The van der Waals surface area contributed by atoms with Gasteiger partial charge in [0.05, 0.1) is 5.69 Å². The van der Waals surface area contributed by atoms with Crippen LogP contribution in [0.15, 0.2) is 197 Å². The number of furan rings is 2. The summed E-state index contributed by atoms with van der Waals surface area (Å²) in [6.45, 7) is 0. The Hall–Kier alpha value is -7.10. The van der Waals surface area contributed by atoms with E-state index in [9.17, 15) is 0 Å². The van der Waals surface area contributed by atoms with E-state index in [1.807, 2.05) is 18.2 Å². The molecule has 0 bridgehead atoms. The number of para-hydroxylation sites is 2. The highest BCUT2D eigenvalue weighted by molar-refractivity contribution is 6.15. The first-order valence-electron chi connectivity index (χ1n) is 18.0. The van der Waals surface area contributed by atoms with Crippen molar-refractivity contribution >= 4 is 82.5 Å². The fraction of sp³-hybridized carbons (Fsp3) is 0. The van der Waals surface area contributed by atoms with Crippen molar-refractivity contribution in [3.8, 4) is 22.3 Å². The Morgan fingerprint density at radius 2 is 0.981 bits per heavy atom. The predicted molar refractivity (Wildman–Crippen MR) is 222 cm³/mol. The maximum Gasteiger partial charge on any atom is 0.143 e. The van der Waals surface area contributed by atoms with E-state index in [-0.39, 0.29) is 0 Å². The third-order valence-electron chi connectivity index (χ3n) is 10.6. The summed E-state index contributed by atoms with van der Waals surface area (Å²) in [5.41, 5.74) is 11.3. The molecule has 9 aromatic carbocycles. The lowest BCUT2D eigenvalue weighted by Crippen LogP contribution is -2.10. The van der Waals surface area contributed by atoms with Crippen LogP contribution in [0.2, 0.25) is 0 Å². The quantitative estimate of drug-likeness (QED) is 0.170. The van der Waals surface area contributed by atoms with Crippen LogP contribution in [-0.4, -0.2) is 0 Å². The minimum atomic E-state index is 0.867. The van der Waals surface area contributed by atoms with Crippen molar-refractivity contribution in [3.05, 3.63) is 188 Å². The van der Waals surface area contributed by atoms with Crippen molar-refractivity contribution in [2.75, 3.05) is 4.90 Å². The van der Waals surface area contributed by atoms with E-state index < -0.39 is 0 Å². The first-order chi connectivity index (χ1) is 26.3. The number of rotatable bonds is 5. The van der Waals surface area contributed by atoms with Crippen molar-refractivity contribution in [3.63, 3.8) is 0 Å². The molecule has 0 fully saturated rings. The van der Waals surface area contributed by atoms with E-state index in [2.05, 4.69) is 175 Å². The highest BCUT2D eigenvalue weighted by atomic mass is 16.3. The summed E-state index contributed by atoms with van der Waals surface area (Å²) < 4.78 is 12.9. The monoisotopic (exact) mass is 677 g/mol. The van der Waals surface area contributed by atoms with Crippen LogP contribution >= 0.6 is 0 Å². The molecule has 11 aromatic rings. The summed E-state index contributed by atoms with van der Waals surface area (Å²) in [5, 5.41) is 9.32. The Kier molecular flexibility index (Phi) is 6.55. The first-order valence-corrected chi connectivity index (χ1v) is 18.0. The standard InChI is InChI=1S/C50H31NO2/c1-2-11-33(12-3-1)39-18-10-19-44-45-29-34(23-28-48(45)53-50(39)44)32-21-24-36(25-22-32)51(37-26-27-43-42-17-8-9-20-47(42)52-49(43)31-37)46-30-35-13-4-5-14-38(35)40-15-6-7-16-41(40)46/h1-31H. The van der Waals surface area contributed by atoms with Gasteiger partial charge in [0.2, 0.25) is 0 Å². The molecule has 0 aliphatic carbocycles. The number of hydrogen-bond acceptors (Lipinski definition) is 3. The number of benzene rings is 9. The van der Waals surface area contributed by atoms with Gasteiger partial charge in [0.25, 0.3) is 0 Å². The lowest BCUT2D eigenvalue weighted by molar-refractivity contribution is 0.669. The summed E-state index contributed by atoms with van der Waals surface area (Å²) in [6, 6.07) is 66.8. The molecule has 0 radical (unpaired) electrons. The third kappa shape index (κ3) is 4.75. The van der Waals surface area contributed by atoms with Gasteiger partial charge in [-0.3, -0.25) is 0 Å². The van der Waals surface area contributed by atoms with Gasteiger partial charge in [-0.25, -0.2) is 0 Å². The van der Waals surface area contributed by atoms with Crippen molar-refractivity contribution in [1.82, 2.24) is 0 Å². The summed E-state index contributed by atoms with van der Waals surface area (Å²) in [7, 11) is 0. The summed E-state index contributed by atoms with van der Waals surface area (Å²) in [6.07, 6.45) is 0. The van der Waals surface area contributed by atoms with Crippen LogP contribution < -0.4 is 4.90 Å². The normalized spacial score (nSPS) is 11.8. The Morgan fingerprint density at radius 3 is 1.85 bits per heavy atom. The zero-order valence-electron chi connectivity index (χ0n) is 28.7. The van der Waals surface area contributed by atoms with Gasteiger partial charge in [-0.15, -0.1) is 0 Å². The second-order valence-electron chi connectivity index (χ2n) is 13.7. The van der Waals surface area contributed by atoms with E-state index in [1.54, 1.807) is 0 Å². The van der Waals surface area contributed by atoms with E-state index in [1.165, 1.54) is 21.5 Å². The molecule has 0 spiro atoms. The van der Waals surface area contributed by atoms with Gasteiger partial charge in [-0.05, 0) is 81.4 Å². The molecule has 0 amide bonds. The van der Waals surface area contributed by atoms with Crippen molar-refractivity contribution in [2.45, 2.75) is 0 Å². The van der Waals surface area contributed by atoms with E-state index in [4.69, 9.17) is 8.83 Å². The number of fused-ring (bicyclic) bond motifs is 9. The minimum absolute atomic E-state index is 0.867. The maximum absolute atomic E-state index is 6.48. The van der Waals surface area contributed by atoms with Gasteiger partial charge < -0.3 is 13.7 Å². The molecule has 0 saturated carbocycles. The van der Waals surface area contributed by atoms with E-state index >= 15 is 0 Å². The lowest BCUT2D eigenvalue weighted by atomic mass is 9.98. The zero-order chi connectivity index (χ0) is 34.9. The second kappa shape index (κ2) is 11.7. The molecule has 2 heterocycles. The van der Waals surface area contributed by atoms with E-state index in [0.717, 1.165) is 83.2 Å². The number of nitrogens with zero attached hydrogens (tertiary/aromatic N) is 1. The molecule has 0 atom stereocenters. The molecule has 11 rings (SSSR count). The van der Waals surface area contributed by atoms with E-state index in [0.29, 0.717) is 0 Å². The second-order valence-corrected chi connectivity index (χ2v) is 13.7. The fourth-order valence-corrected chi connectivity index (χ4v) is 8.13. The van der Waals surface area contributed by atoms with Crippen LogP contribution in [0.25, 0.3) is 87.7 Å². The topological polar surface area (TPSA) is 29.5 Å². The average molecular weight is 678 g/mol. The number of anilines is 3. The van der Waals surface area contributed by atoms with Gasteiger partial charge in [-0.1, -0.05) is 133 Å². The van der Waals surface area contributed by atoms with Crippen LogP contribution in [0.3, 0.4) is 0 Å². The molecule has 0 aliphatic heterocycles. The molecule has 248 valence electrons. The lowest BCUT2D eigenvalue weighted by Gasteiger charge is -2.27. The van der Waals surface area contributed by atoms with Gasteiger partial charge in [0.15, 0.2) is 0 Å². The Morgan fingerprint density at radius 1 is 0.321 bits per heavy atom. The molecule has 2 aromatic heterocycles. The van der Waals surface area contributed by atoms with Crippen LogP contribution in [0.4, 0.5) is 17.1 Å². The average Bonchev–Trinajstić information content (AvgIpc) is 3.79. The van der Waals surface area contributed by atoms with Crippen molar-refractivity contribution in [2.24, 2.45) is 0 Å². The van der Waals surface area contributed by atoms with Gasteiger partial charge in [0, 0.05) is 49.9 Å². The Balaban J connectivity index is 1.06. The fourth-order valence-electron chi connectivity index (χ4n) is 8.13. The van der Waals surface area contributed by atoms with Gasteiger partial charge in [0.1, 0.15) is 22.3 Å². The molecule has 0 saturated heterocycles. The Bertz CT molecular complexity index is 3170. The van der Waals surface area contributed by atoms with Crippen molar-refractivity contribution < 1.29 is 8.83 Å². The predicted octanol–water partition coefficient (Wildman–Crippen LogP) is 14.6. The SMILES string of the molecule is c1ccc(-c2cccc3c2oc2ccc(-c4ccc(N(c5ccc6c(c5)oc5ccccc56)c5cc6ccccc6c6ccccc56)cc4)cc23)cc1. The smallest absolute Gasteiger partial charge is 0.143 e. The third-order valence-corrected chi connectivity index (χ3v) is 10.6. The molecule has 3 nitrogen and oxygen atoms in total. The molecular weight excluding hydrogens is 647 g/mol. The molecule has 53 heavy (non-hydrogen) atoms. The molecular formula is C50H31NO2. The minimum Gasteiger partial charge on any atom is -0.456 e. The molecule has 0 aliphatic rings. The van der Waals surface area contributed by atoms with Crippen molar-refractivity contribution in [1.29, 1.82) is 0 Å². The van der Waals surface area contributed by atoms with Crippen LogP contribution in [0, 0.1) is 0 Å². The zero-order valence-corrected chi connectivity index (χ0v) is 28.7. The molecule has 0 N–H and O–H groups in total. The molecule has 3 heteroatoms. The summed E-state index contributed by atoms with van der Waals surface area (Å²) in [5.74, 6) is 0. The highest BCUT2D eigenvalue weighted by Gasteiger charge is 2.20. The van der Waals surface area contributed by atoms with Gasteiger partial charge in [-0.2, -0.15) is 0 Å². The molecule has 0 unspecified atom stereocenters. The summed E-state index contributed by atoms with van der Waals surface area (Å²) >= 11 is 0. The Labute approximate surface area is 305 Å². The van der Waals surface area contributed by atoms with Crippen LogP contribution in [0.5, 0.6) is 0 Å². The van der Waals surface area contributed by atoms with Gasteiger partial charge >= 0.3 is 0 Å². The first kappa shape index (κ1) is 29.6. The largest absolute Gasteiger partial charge is 0.456 e. The van der Waals surface area contributed by atoms with Crippen LogP contribution in [0.1, 0.15) is 0 Å². The maximum atomic E-state index is 6.48. The number of hydrogen-bond donors (Lipinski definition) is 0.